The van der Waals surface area contributed by atoms with Crippen LogP contribution in [-0.4, -0.2) is 0 Å². The Morgan fingerprint density at radius 2 is 0.800 bits per heavy atom. The molecule has 0 radical (unpaired) electrons. The van der Waals surface area contributed by atoms with Crippen LogP contribution in [0.15, 0.2) is 127 Å². The maximum Gasteiger partial charge on any atom is 0.0809 e. The Balaban J connectivity index is 1.56. The smallest absolute Gasteiger partial charge is 0.0809 e. The van der Waals surface area contributed by atoms with Crippen LogP contribution in [0.4, 0.5) is 0 Å². The van der Waals surface area contributed by atoms with Crippen molar-refractivity contribution in [2.45, 2.75) is 0 Å². The molecule has 0 amide bonds. The summed E-state index contributed by atoms with van der Waals surface area (Å²) in [4.78, 5) is 0. The molecule has 0 aliphatic heterocycles. The summed E-state index contributed by atoms with van der Waals surface area (Å²) in [5, 5.41) is 10.2. The van der Waals surface area contributed by atoms with E-state index in [4.69, 9.17) is 58.0 Å². The molecular formula is C40H21Cl5. The van der Waals surface area contributed by atoms with Crippen molar-refractivity contribution in [1.82, 2.24) is 0 Å². The van der Waals surface area contributed by atoms with Gasteiger partial charge >= 0.3 is 0 Å². The van der Waals surface area contributed by atoms with E-state index in [1.807, 2.05) is 6.07 Å². The number of hydrogen-bond acceptors (Lipinski definition) is 0. The predicted molar refractivity (Wildman–Crippen MR) is 198 cm³/mol. The fraction of sp³-hybridized carbons (Fsp3) is 0. The van der Waals surface area contributed by atoms with Gasteiger partial charge in [-0.15, -0.1) is 0 Å². The number of benzene rings is 8. The van der Waals surface area contributed by atoms with Crippen molar-refractivity contribution in [3.8, 4) is 33.4 Å². The molecule has 0 bridgehead atoms. The zero-order valence-electron chi connectivity index (χ0n) is 23.5. The molecule has 0 spiro atoms. The van der Waals surface area contributed by atoms with E-state index in [2.05, 4.69) is 121 Å². The van der Waals surface area contributed by atoms with E-state index < -0.39 is 0 Å². The highest BCUT2D eigenvalue weighted by Gasteiger charge is 2.23. The van der Waals surface area contributed by atoms with Gasteiger partial charge in [-0.05, 0) is 83.0 Å². The van der Waals surface area contributed by atoms with Crippen LogP contribution in [-0.2, 0) is 0 Å². The van der Waals surface area contributed by atoms with Crippen LogP contribution in [0.25, 0.3) is 76.5 Å². The van der Waals surface area contributed by atoms with Crippen molar-refractivity contribution in [3.05, 3.63) is 153 Å². The van der Waals surface area contributed by atoms with E-state index in [9.17, 15) is 0 Å². The maximum atomic E-state index is 6.81. The van der Waals surface area contributed by atoms with Gasteiger partial charge in [0, 0.05) is 5.56 Å². The van der Waals surface area contributed by atoms with Crippen molar-refractivity contribution < 1.29 is 0 Å². The van der Waals surface area contributed by atoms with Crippen molar-refractivity contribution >= 4 is 101 Å². The minimum absolute atomic E-state index is 0.138. The predicted octanol–water partition coefficient (Wildman–Crippen LogP) is 14.6. The summed E-state index contributed by atoms with van der Waals surface area (Å²) in [7, 11) is 0. The Kier molecular flexibility index (Phi) is 7.17. The molecule has 8 aromatic rings. The fourth-order valence-electron chi connectivity index (χ4n) is 6.58. The molecule has 0 atom stereocenters. The molecular weight excluding hydrogens is 658 g/mol. The monoisotopic (exact) mass is 676 g/mol. The normalized spacial score (nSPS) is 11.7. The van der Waals surface area contributed by atoms with Gasteiger partial charge in [0.25, 0.3) is 0 Å². The second-order valence-corrected chi connectivity index (χ2v) is 13.0. The summed E-state index contributed by atoms with van der Waals surface area (Å²) < 4.78 is 0. The van der Waals surface area contributed by atoms with Crippen LogP contribution in [0.1, 0.15) is 0 Å². The van der Waals surface area contributed by atoms with E-state index in [1.165, 1.54) is 32.5 Å². The van der Waals surface area contributed by atoms with Crippen molar-refractivity contribution in [2.75, 3.05) is 0 Å². The van der Waals surface area contributed by atoms with Gasteiger partial charge in [-0.25, -0.2) is 0 Å². The Morgan fingerprint density at radius 1 is 0.289 bits per heavy atom. The quantitative estimate of drug-likeness (QED) is 0.0991. The van der Waals surface area contributed by atoms with Gasteiger partial charge in [0.05, 0.1) is 25.1 Å². The minimum atomic E-state index is 0.138. The van der Waals surface area contributed by atoms with E-state index in [-0.39, 0.29) is 25.1 Å². The van der Waals surface area contributed by atoms with Crippen molar-refractivity contribution in [3.63, 3.8) is 0 Å². The van der Waals surface area contributed by atoms with Crippen LogP contribution in [0, 0.1) is 0 Å². The molecule has 216 valence electrons. The second kappa shape index (κ2) is 11.2. The van der Waals surface area contributed by atoms with Gasteiger partial charge in [0.15, 0.2) is 0 Å². The zero-order chi connectivity index (χ0) is 30.8. The summed E-state index contributed by atoms with van der Waals surface area (Å²) >= 11 is 33.1. The molecule has 0 saturated heterocycles. The van der Waals surface area contributed by atoms with Crippen LogP contribution in [0.5, 0.6) is 0 Å². The topological polar surface area (TPSA) is 0 Å². The highest BCUT2D eigenvalue weighted by Crippen LogP contribution is 2.51. The highest BCUT2D eigenvalue weighted by atomic mass is 35.5. The molecule has 0 aliphatic carbocycles. The van der Waals surface area contributed by atoms with Gasteiger partial charge < -0.3 is 0 Å². The first kappa shape index (κ1) is 28.7. The van der Waals surface area contributed by atoms with Crippen LogP contribution < -0.4 is 0 Å². The second-order valence-electron chi connectivity index (χ2n) is 11.1. The molecule has 0 heterocycles. The Bertz CT molecular complexity index is 2460. The molecule has 8 aromatic carbocycles. The average Bonchev–Trinajstić information content (AvgIpc) is 3.08. The Labute approximate surface area is 285 Å². The van der Waals surface area contributed by atoms with E-state index in [0.717, 1.165) is 38.4 Å². The highest BCUT2D eigenvalue weighted by molar-refractivity contribution is 6.56. The van der Waals surface area contributed by atoms with E-state index in [0.29, 0.717) is 5.56 Å². The summed E-state index contributed by atoms with van der Waals surface area (Å²) in [6.45, 7) is 0. The van der Waals surface area contributed by atoms with Gasteiger partial charge in [-0.1, -0.05) is 173 Å². The van der Waals surface area contributed by atoms with Gasteiger partial charge in [0.1, 0.15) is 0 Å². The summed E-state index contributed by atoms with van der Waals surface area (Å²) in [5.74, 6) is 0. The van der Waals surface area contributed by atoms with Crippen molar-refractivity contribution in [1.29, 1.82) is 0 Å². The molecule has 0 saturated carbocycles. The number of rotatable bonds is 3. The number of fused-ring (bicyclic) bond motifs is 4. The van der Waals surface area contributed by atoms with Crippen molar-refractivity contribution in [2.24, 2.45) is 0 Å². The first-order valence-electron chi connectivity index (χ1n) is 14.4. The largest absolute Gasteiger partial charge is 0.0819 e. The molecule has 0 aromatic heterocycles. The van der Waals surface area contributed by atoms with Gasteiger partial charge in [-0.2, -0.15) is 0 Å². The Hall–Kier alpha value is -3.75. The lowest BCUT2D eigenvalue weighted by molar-refractivity contribution is 1.63. The van der Waals surface area contributed by atoms with E-state index in [1.54, 1.807) is 0 Å². The standard InChI is InChI=1S/C40H21Cl5/c41-36-34(37(42)39(44)40(45)38(36)43)26-18-19-31-32(21-26)33(25-17-16-22-8-1-2-10-24(22)20-25)29-13-5-6-14-30(29)35(31)28-15-7-11-23-9-3-4-12-27(23)28/h1-21H. The molecule has 0 nitrogen and oxygen atoms in total. The average molecular weight is 679 g/mol. The van der Waals surface area contributed by atoms with Crippen LogP contribution in [0.2, 0.25) is 25.1 Å². The maximum absolute atomic E-state index is 6.81. The summed E-state index contributed by atoms with van der Waals surface area (Å²) in [5.41, 5.74) is 5.90. The molecule has 0 unspecified atom stereocenters. The lowest BCUT2D eigenvalue weighted by Gasteiger charge is -2.20. The molecule has 5 heteroatoms. The fourth-order valence-corrected chi connectivity index (χ4v) is 7.94. The third kappa shape index (κ3) is 4.59. The first-order chi connectivity index (χ1) is 21.9. The third-order valence-electron chi connectivity index (χ3n) is 8.62. The number of hydrogen-bond donors (Lipinski definition) is 0. The molecule has 0 aliphatic rings. The van der Waals surface area contributed by atoms with Crippen LogP contribution in [0.3, 0.4) is 0 Å². The van der Waals surface area contributed by atoms with Gasteiger partial charge in [0.2, 0.25) is 0 Å². The molecule has 0 fully saturated rings. The van der Waals surface area contributed by atoms with Gasteiger partial charge in [-0.3, -0.25) is 0 Å². The van der Waals surface area contributed by atoms with E-state index >= 15 is 0 Å². The zero-order valence-corrected chi connectivity index (χ0v) is 27.3. The lowest BCUT2D eigenvalue weighted by Crippen LogP contribution is -1.93. The number of halogens is 5. The van der Waals surface area contributed by atoms with Crippen LogP contribution >= 0.6 is 58.0 Å². The third-order valence-corrected chi connectivity index (χ3v) is 10.9. The first-order valence-corrected chi connectivity index (χ1v) is 16.3. The summed E-state index contributed by atoms with van der Waals surface area (Å²) in [6, 6.07) is 45.0. The molecule has 0 N–H and O–H groups in total. The minimum Gasteiger partial charge on any atom is -0.0819 e. The SMILES string of the molecule is Clc1c(Cl)c(Cl)c(-c2ccc3c(-c4cccc5ccccc45)c4ccccc4c(-c4ccc5ccccc5c4)c3c2)c(Cl)c1Cl. The Morgan fingerprint density at radius 3 is 1.53 bits per heavy atom. The lowest BCUT2D eigenvalue weighted by atomic mass is 9.83. The molecule has 8 rings (SSSR count). The summed E-state index contributed by atoms with van der Waals surface area (Å²) in [6.07, 6.45) is 0. The molecule has 45 heavy (non-hydrogen) atoms.